The molecule has 0 aliphatic heterocycles. The molecule has 0 aliphatic rings. The molecule has 2 aromatic carbocycles. The number of rotatable bonds is 4. The van der Waals surface area contributed by atoms with Gasteiger partial charge in [-0.2, -0.15) is 0 Å². The Morgan fingerprint density at radius 1 is 0.900 bits per heavy atom. The van der Waals surface area contributed by atoms with Crippen LogP contribution in [0.1, 0.15) is 5.56 Å². The highest BCUT2D eigenvalue weighted by Gasteiger charge is 2.15. The number of ether oxygens (including phenoxy) is 1. The molecule has 0 amide bonds. The first-order valence-corrected chi connectivity index (χ1v) is 10.8. The van der Waals surface area contributed by atoms with Crippen LogP contribution in [0.5, 0.6) is 5.75 Å². The van der Waals surface area contributed by atoms with Gasteiger partial charge in [-0.25, -0.2) is 0 Å². The molecular formula is C16H18Cl2OSi. The van der Waals surface area contributed by atoms with Gasteiger partial charge in [0, 0.05) is 10.0 Å². The fraction of sp³-hybridized carbons (Fsp3) is 0.250. The third-order valence-corrected chi connectivity index (χ3v) is 5.56. The number of hydrogen-bond donors (Lipinski definition) is 0. The van der Waals surface area contributed by atoms with Gasteiger partial charge in [0.05, 0.1) is 8.07 Å². The predicted octanol–water partition coefficient (Wildman–Crippen LogP) is 5.12. The zero-order chi connectivity index (χ0) is 14.8. The van der Waals surface area contributed by atoms with Crippen molar-refractivity contribution in [1.82, 2.24) is 0 Å². The van der Waals surface area contributed by atoms with E-state index in [9.17, 15) is 0 Å². The maximum atomic E-state index is 5.94. The Bertz CT molecular complexity index is 568. The van der Waals surface area contributed by atoms with Gasteiger partial charge >= 0.3 is 0 Å². The lowest BCUT2D eigenvalue weighted by atomic mass is 10.2. The number of benzene rings is 2. The van der Waals surface area contributed by atoms with Crippen LogP contribution in [-0.2, 0) is 6.61 Å². The summed E-state index contributed by atoms with van der Waals surface area (Å²) >= 11 is 11.9. The van der Waals surface area contributed by atoms with Crippen LogP contribution in [0.2, 0.25) is 29.7 Å². The molecule has 0 N–H and O–H groups in total. The molecule has 2 aromatic rings. The van der Waals surface area contributed by atoms with Gasteiger partial charge in [0.15, 0.2) is 0 Å². The Morgan fingerprint density at radius 3 is 1.95 bits per heavy atom. The lowest BCUT2D eigenvalue weighted by molar-refractivity contribution is 0.306. The van der Waals surface area contributed by atoms with Gasteiger partial charge in [-0.15, -0.1) is 0 Å². The highest BCUT2D eigenvalue weighted by molar-refractivity contribution is 6.88. The van der Waals surface area contributed by atoms with Crippen molar-refractivity contribution in [2.45, 2.75) is 26.2 Å². The van der Waals surface area contributed by atoms with Crippen LogP contribution >= 0.6 is 23.2 Å². The molecule has 0 radical (unpaired) electrons. The van der Waals surface area contributed by atoms with Crippen LogP contribution in [0.3, 0.4) is 0 Å². The smallest absolute Gasteiger partial charge is 0.122 e. The third-order valence-electron chi connectivity index (χ3n) is 3.06. The average Bonchev–Trinajstić information content (AvgIpc) is 2.35. The van der Waals surface area contributed by atoms with Crippen LogP contribution in [0.4, 0.5) is 0 Å². The Balaban J connectivity index is 2.04. The van der Waals surface area contributed by atoms with Crippen molar-refractivity contribution in [2.75, 3.05) is 0 Å². The molecule has 4 heteroatoms. The summed E-state index contributed by atoms with van der Waals surface area (Å²) in [5.74, 6) is 0.691. The minimum Gasteiger partial charge on any atom is -0.489 e. The molecule has 0 atom stereocenters. The van der Waals surface area contributed by atoms with Crippen molar-refractivity contribution in [3.05, 3.63) is 58.1 Å². The summed E-state index contributed by atoms with van der Waals surface area (Å²) in [5.41, 5.74) is 1.14. The highest BCUT2D eigenvalue weighted by atomic mass is 35.5. The fourth-order valence-corrected chi connectivity index (χ4v) is 3.55. The molecule has 20 heavy (non-hydrogen) atoms. The standard InChI is InChI=1S/C16H18Cl2OSi/c1-20(2,3)16-6-4-12(5-7-16)11-19-15-9-13(17)8-14(18)10-15/h4-10H,11H2,1-3H3. The molecule has 0 saturated carbocycles. The second-order valence-electron chi connectivity index (χ2n) is 5.84. The summed E-state index contributed by atoms with van der Waals surface area (Å²) in [4.78, 5) is 0. The SMILES string of the molecule is C[Si](C)(C)c1ccc(COc2cc(Cl)cc(Cl)c2)cc1. The predicted molar refractivity (Wildman–Crippen MR) is 90.2 cm³/mol. The number of halogens is 2. The van der Waals surface area contributed by atoms with Gasteiger partial charge in [-0.3, -0.25) is 0 Å². The van der Waals surface area contributed by atoms with Gasteiger partial charge < -0.3 is 4.74 Å². The van der Waals surface area contributed by atoms with Crippen molar-refractivity contribution < 1.29 is 4.74 Å². The molecule has 106 valence electrons. The highest BCUT2D eigenvalue weighted by Crippen LogP contribution is 2.24. The largest absolute Gasteiger partial charge is 0.489 e. The fourth-order valence-electron chi connectivity index (χ4n) is 1.88. The van der Waals surface area contributed by atoms with Crippen LogP contribution in [-0.4, -0.2) is 8.07 Å². The molecule has 0 aromatic heterocycles. The minimum absolute atomic E-state index is 0.517. The zero-order valence-corrected chi connectivity index (χ0v) is 14.4. The van der Waals surface area contributed by atoms with E-state index in [2.05, 4.69) is 43.9 Å². The molecular weight excluding hydrogens is 307 g/mol. The Kier molecular flexibility index (Phi) is 4.79. The van der Waals surface area contributed by atoms with Crippen molar-refractivity contribution in [3.63, 3.8) is 0 Å². The second-order valence-corrected chi connectivity index (χ2v) is 11.8. The molecule has 0 bridgehead atoms. The molecule has 0 heterocycles. The van der Waals surface area contributed by atoms with Crippen molar-refractivity contribution in [2.24, 2.45) is 0 Å². The topological polar surface area (TPSA) is 9.23 Å². The van der Waals surface area contributed by atoms with Gasteiger partial charge in [0.1, 0.15) is 12.4 Å². The zero-order valence-electron chi connectivity index (χ0n) is 11.9. The molecule has 0 saturated heterocycles. The van der Waals surface area contributed by atoms with E-state index in [1.807, 2.05) is 0 Å². The van der Waals surface area contributed by atoms with Crippen molar-refractivity contribution >= 4 is 36.5 Å². The molecule has 0 spiro atoms. The van der Waals surface area contributed by atoms with Crippen LogP contribution in [0, 0.1) is 0 Å². The molecule has 0 unspecified atom stereocenters. The summed E-state index contributed by atoms with van der Waals surface area (Å²) in [6.07, 6.45) is 0. The average molecular weight is 325 g/mol. The van der Waals surface area contributed by atoms with E-state index in [0.29, 0.717) is 22.4 Å². The van der Waals surface area contributed by atoms with Crippen molar-refractivity contribution in [3.8, 4) is 5.75 Å². The van der Waals surface area contributed by atoms with E-state index < -0.39 is 8.07 Å². The van der Waals surface area contributed by atoms with Gasteiger partial charge in [-0.1, -0.05) is 72.3 Å². The molecule has 2 rings (SSSR count). The van der Waals surface area contributed by atoms with Gasteiger partial charge in [-0.05, 0) is 23.8 Å². The van der Waals surface area contributed by atoms with Crippen molar-refractivity contribution in [1.29, 1.82) is 0 Å². The molecule has 0 fully saturated rings. The lowest BCUT2D eigenvalue weighted by Gasteiger charge is -2.16. The summed E-state index contributed by atoms with van der Waals surface area (Å²) in [6, 6.07) is 13.9. The van der Waals surface area contributed by atoms with E-state index in [4.69, 9.17) is 27.9 Å². The monoisotopic (exact) mass is 324 g/mol. The van der Waals surface area contributed by atoms with Gasteiger partial charge in [0.2, 0.25) is 0 Å². The van der Waals surface area contributed by atoms with E-state index in [1.165, 1.54) is 5.19 Å². The molecule has 1 nitrogen and oxygen atoms in total. The normalized spacial score (nSPS) is 11.4. The number of hydrogen-bond acceptors (Lipinski definition) is 1. The Labute approximate surface area is 131 Å². The van der Waals surface area contributed by atoms with E-state index in [0.717, 1.165) is 5.56 Å². The first-order valence-electron chi connectivity index (χ1n) is 6.53. The third kappa shape index (κ3) is 4.27. The maximum absolute atomic E-state index is 5.94. The van der Waals surface area contributed by atoms with Gasteiger partial charge in [0.25, 0.3) is 0 Å². The first kappa shape index (κ1) is 15.4. The summed E-state index contributed by atoms with van der Waals surface area (Å²) in [5, 5.41) is 2.62. The van der Waals surface area contributed by atoms with Crippen LogP contribution in [0.25, 0.3) is 0 Å². The van der Waals surface area contributed by atoms with E-state index >= 15 is 0 Å². The van der Waals surface area contributed by atoms with Crippen LogP contribution < -0.4 is 9.92 Å². The summed E-state index contributed by atoms with van der Waals surface area (Å²) in [7, 11) is -1.23. The van der Waals surface area contributed by atoms with E-state index in [-0.39, 0.29) is 0 Å². The Morgan fingerprint density at radius 2 is 1.45 bits per heavy atom. The maximum Gasteiger partial charge on any atom is 0.122 e. The summed E-state index contributed by atoms with van der Waals surface area (Å²) in [6.45, 7) is 7.54. The molecule has 0 aliphatic carbocycles. The van der Waals surface area contributed by atoms with E-state index in [1.54, 1.807) is 18.2 Å². The summed E-state index contributed by atoms with van der Waals surface area (Å²) < 4.78 is 5.72. The van der Waals surface area contributed by atoms with Crippen LogP contribution in [0.15, 0.2) is 42.5 Å². The first-order chi connectivity index (χ1) is 9.34. The lowest BCUT2D eigenvalue weighted by Crippen LogP contribution is -2.37. The minimum atomic E-state index is -1.23. The Hall–Kier alpha value is -0.963. The second kappa shape index (κ2) is 6.21. The quantitative estimate of drug-likeness (QED) is 0.709.